The minimum atomic E-state index is -1.02. The van der Waals surface area contributed by atoms with Crippen LogP contribution in [0.15, 0.2) is 4.99 Å². The quantitative estimate of drug-likeness (QED) is 0.116. The summed E-state index contributed by atoms with van der Waals surface area (Å²) >= 11 is 0. The third-order valence-corrected chi connectivity index (χ3v) is 3.93. The molecule has 0 aromatic heterocycles. The highest BCUT2D eigenvalue weighted by atomic mass is 16.4. The van der Waals surface area contributed by atoms with Crippen LogP contribution in [0.25, 0.3) is 0 Å². The maximum absolute atomic E-state index is 11.7. The zero-order chi connectivity index (χ0) is 21.9. The van der Waals surface area contributed by atoms with Gasteiger partial charge in [-0.2, -0.15) is 0 Å². The molecule has 0 rings (SSSR count). The van der Waals surface area contributed by atoms with Crippen LogP contribution in [-0.2, 0) is 4.79 Å². The number of nitrogens with two attached hydrogens (primary N) is 1. The van der Waals surface area contributed by atoms with Crippen LogP contribution in [-0.4, -0.2) is 110 Å². The molecule has 0 aliphatic rings. The number of carboxylic acid groups (broad SMARTS) is 1. The summed E-state index contributed by atoms with van der Waals surface area (Å²) in [4.78, 5) is 19.0. The minimum Gasteiger partial charge on any atom is -0.480 e. The Kier molecular flexibility index (Phi) is 13.0. The summed E-state index contributed by atoms with van der Waals surface area (Å²) in [6.07, 6.45) is -2.01. The van der Waals surface area contributed by atoms with E-state index in [9.17, 15) is 30.3 Å². The van der Waals surface area contributed by atoms with Gasteiger partial charge in [-0.05, 0) is 40.5 Å². The first-order valence-electron chi connectivity index (χ1n) is 9.68. The molecule has 0 spiro atoms. The van der Waals surface area contributed by atoms with Gasteiger partial charge in [-0.1, -0.05) is 0 Å². The van der Waals surface area contributed by atoms with Crippen molar-refractivity contribution >= 4 is 11.9 Å². The topological polar surface area (TPSA) is 163 Å². The highest BCUT2D eigenvalue weighted by molar-refractivity contribution is 5.78. The average molecular weight is 407 g/mol. The van der Waals surface area contributed by atoms with Crippen LogP contribution in [0.5, 0.6) is 0 Å². The molecule has 0 aliphatic heterocycles. The van der Waals surface area contributed by atoms with Crippen molar-refractivity contribution < 1.29 is 30.3 Å². The molecule has 5 atom stereocenters. The van der Waals surface area contributed by atoms with E-state index in [1.165, 1.54) is 0 Å². The Labute approximate surface area is 167 Å². The van der Waals surface area contributed by atoms with Crippen LogP contribution in [0, 0.1) is 0 Å². The predicted molar refractivity (Wildman–Crippen MR) is 107 cm³/mol. The first kappa shape index (κ1) is 26.5. The molecule has 166 valence electrons. The van der Waals surface area contributed by atoms with Gasteiger partial charge in [0.2, 0.25) is 0 Å². The van der Waals surface area contributed by atoms with Gasteiger partial charge >= 0.3 is 5.97 Å². The Morgan fingerprint density at radius 2 is 1.32 bits per heavy atom. The number of carboxylic acids is 1. The summed E-state index contributed by atoms with van der Waals surface area (Å²) in [6, 6.07) is -0.855. The molecule has 5 unspecified atom stereocenters. The number of guanidine groups is 1. The number of nitrogens with zero attached hydrogens (tertiary/aromatic N) is 3. The van der Waals surface area contributed by atoms with Crippen molar-refractivity contribution in [3.05, 3.63) is 0 Å². The van der Waals surface area contributed by atoms with Crippen LogP contribution >= 0.6 is 0 Å². The van der Waals surface area contributed by atoms with Gasteiger partial charge in [0.25, 0.3) is 0 Å². The molecule has 0 radical (unpaired) electrons. The molecular formula is C18H38N4O6. The molecule has 0 fully saturated rings. The van der Waals surface area contributed by atoms with Crippen molar-refractivity contribution in [3.8, 4) is 0 Å². The van der Waals surface area contributed by atoms with Crippen molar-refractivity contribution in [3.63, 3.8) is 0 Å². The lowest BCUT2D eigenvalue weighted by atomic mass is 10.1. The van der Waals surface area contributed by atoms with E-state index >= 15 is 0 Å². The van der Waals surface area contributed by atoms with Gasteiger partial charge in [-0.3, -0.25) is 14.7 Å². The highest BCUT2D eigenvalue weighted by Crippen LogP contribution is 2.11. The molecule has 0 aromatic rings. The van der Waals surface area contributed by atoms with Gasteiger partial charge in [0.1, 0.15) is 6.04 Å². The summed E-state index contributed by atoms with van der Waals surface area (Å²) in [7, 11) is 0. The lowest BCUT2D eigenvalue weighted by Gasteiger charge is -2.30. The number of aliphatic hydroxyl groups is 4. The van der Waals surface area contributed by atoms with E-state index in [2.05, 4.69) is 4.99 Å². The third-order valence-electron chi connectivity index (χ3n) is 3.93. The van der Waals surface area contributed by atoms with E-state index in [0.29, 0.717) is 6.42 Å². The monoisotopic (exact) mass is 406 g/mol. The van der Waals surface area contributed by atoms with Crippen LogP contribution in [0.4, 0.5) is 0 Å². The van der Waals surface area contributed by atoms with Crippen molar-refractivity contribution in [1.82, 2.24) is 9.80 Å². The Morgan fingerprint density at radius 3 is 1.68 bits per heavy atom. The number of carbonyl (C=O) groups is 1. The van der Waals surface area contributed by atoms with Crippen molar-refractivity contribution in [2.45, 2.75) is 71.0 Å². The smallest absolute Gasteiger partial charge is 0.320 e. The second-order valence-electron chi connectivity index (χ2n) is 7.49. The molecule has 0 bridgehead atoms. The summed E-state index contributed by atoms with van der Waals surface area (Å²) in [5.74, 6) is -0.846. The van der Waals surface area contributed by atoms with E-state index in [-0.39, 0.29) is 45.1 Å². The number of aliphatic hydroxyl groups excluding tert-OH is 4. The Balaban J connectivity index is 4.89. The van der Waals surface area contributed by atoms with Gasteiger partial charge in [-0.15, -0.1) is 0 Å². The molecule has 0 saturated carbocycles. The molecule has 10 heteroatoms. The maximum Gasteiger partial charge on any atom is 0.320 e. The lowest BCUT2D eigenvalue weighted by Crippen LogP contribution is -2.47. The Hall–Kier alpha value is -1.46. The fourth-order valence-corrected chi connectivity index (χ4v) is 2.95. The standard InChI is InChI=1S/C18H38N4O6/c1-12(23)8-21(9-13(2)24)16(17(27)28)6-5-7-20-18(19)22(10-14(3)25)11-15(4)26/h12-16,23-26H,5-11H2,1-4H3,(H2,19,20)(H,27,28). The first-order valence-corrected chi connectivity index (χ1v) is 9.68. The zero-order valence-electron chi connectivity index (χ0n) is 17.4. The van der Waals surface area contributed by atoms with Crippen molar-refractivity contribution in [2.75, 3.05) is 32.7 Å². The fourth-order valence-electron chi connectivity index (χ4n) is 2.95. The molecule has 0 aliphatic carbocycles. The molecule has 10 nitrogen and oxygen atoms in total. The molecular weight excluding hydrogens is 368 g/mol. The Morgan fingerprint density at radius 1 is 0.893 bits per heavy atom. The second kappa shape index (κ2) is 13.7. The SMILES string of the molecule is CC(O)CN(CC(C)O)C(N)=NCCCC(C(=O)O)N(CC(C)O)CC(C)O. The largest absolute Gasteiger partial charge is 0.480 e. The van der Waals surface area contributed by atoms with Gasteiger partial charge < -0.3 is 36.2 Å². The summed E-state index contributed by atoms with van der Waals surface area (Å²) in [5.41, 5.74) is 5.94. The molecule has 0 aromatic carbocycles. The van der Waals surface area contributed by atoms with Crippen molar-refractivity contribution in [2.24, 2.45) is 10.7 Å². The second-order valence-corrected chi connectivity index (χ2v) is 7.49. The summed E-state index contributed by atoms with van der Waals surface area (Å²) in [5, 5.41) is 47.9. The van der Waals surface area contributed by atoms with E-state index in [1.807, 2.05) is 0 Å². The normalized spacial score (nSPS) is 17.8. The Bertz CT molecular complexity index is 451. The maximum atomic E-state index is 11.7. The van der Waals surface area contributed by atoms with E-state index in [1.54, 1.807) is 37.5 Å². The molecule has 0 amide bonds. The van der Waals surface area contributed by atoms with Gasteiger partial charge in [0.15, 0.2) is 5.96 Å². The third kappa shape index (κ3) is 12.1. The number of aliphatic carboxylic acids is 1. The summed E-state index contributed by atoms with van der Waals surface area (Å²) < 4.78 is 0. The molecule has 7 N–H and O–H groups in total. The average Bonchev–Trinajstić information content (AvgIpc) is 2.51. The van der Waals surface area contributed by atoms with Crippen LogP contribution < -0.4 is 5.73 Å². The predicted octanol–water partition coefficient (Wildman–Crippen LogP) is -1.34. The highest BCUT2D eigenvalue weighted by Gasteiger charge is 2.27. The molecule has 28 heavy (non-hydrogen) atoms. The summed E-state index contributed by atoms with van der Waals surface area (Å²) in [6.45, 7) is 7.38. The van der Waals surface area contributed by atoms with E-state index in [0.717, 1.165) is 0 Å². The fraction of sp³-hybridized carbons (Fsp3) is 0.889. The zero-order valence-corrected chi connectivity index (χ0v) is 17.4. The number of rotatable bonds is 14. The van der Waals surface area contributed by atoms with E-state index in [4.69, 9.17) is 5.73 Å². The van der Waals surface area contributed by atoms with Crippen LogP contribution in [0.3, 0.4) is 0 Å². The van der Waals surface area contributed by atoms with Crippen molar-refractivity contribution in [1.29, 1.82) is 0 Å². The molecule has 0 heterocycles. The first-order chi connectivity index (χ1) is 12.9. The van der Waals surface area contributed by atoms with Crippen LogP contribution in [0.1, 0.15) is 40.5 Å². The van der Waals surface area contributed by atoms with Gasteiger partial charge in [-0.25, -0.2) is 0 Å². The lowest BCUT2D eigenvalue weighted by molar-refractivity contribution is -0.144. The number of aliphatic imine (C=N–C) groups is 1. The number of hydrogen-bond donors (Lipinski definition) is 6. The van der Waals surface area contributed by atoms with E-state index < -0.39 is 36.4 Å². The minimum absolute atomic E-state index is 0.143. The van der Waals surface area contributed by atoms with Gasteiger partial charge in [0, 0.05) is 32.7 Å². The van der Waals surface area contributed by atoms with Crippen LogP contribution in [0.2, 0.25) is 0 Å². The number of hydrogen-bond acceptors (Lipinski definition) is 7. The van der Waals surface area contributed by atoms with Gasteiger partial charge in [0.05, 0.1) is 24.4 Å². The molecule has 0 saturated heterocycles.